The van der Waals surface area contributed by atoms with E-state index in [1.54, 1.807) is 0 Å². The maximum atomic E-state index is 14.3. The highest BCUT2D eigenvalue weighted by molar-refractivity contribution is 6.16. The van der Waals surface area contributed by atoms with E-state index in [0.717, 1.165) is 24.3 Å². The smallest absolute Gasteiger partial charge is 0.268 e. The van der Waals surface area contributed by atoms with Gasteiger partial charge >= 0.3 is 0 Å². The predicted octanol–water partition coefficient (Wildman–Crippen LogP) is 2.22. The lowest BCUT2D eigenvalue weighted by atomic mass is 9.93. The number of nitrogens with zero attached hydrogens (tertiary/aromatic N) is 5. The molecule has 0 radical (unpaired) electrons. The van der Waals surface area contributed by atoms with Crippen LogP contribution in [-0.4, -0.2) is 88.8 Å². The van der Waals surface area contributed by atoms with E-state index >= 15 is 0 Å². The number of aromatic nitrogens is 2. The summed E-state index contributed by atoms with van der Waals surface area (Å²) in [5, 5.41) is 13.2. The van der Waals surface area contributed by atoms with E-state index in [9.17, 15) is 32.3 Å². The SMILES string of the molecule is Cl.N[C@H]1C[C@@H](N2CCN(c3ncc(N4CCC(O)(C(=O)NCc5cccc(F)c5F)C4=O)cn3)CC2)CO[C@@H]1c1cc(F)ccc1F. The number of benzene rings is 2. The van der Waals surface area contributed by atoms with Gasteiger partial charge < -0.3 is 30.7 Å². The normalized spacial score (nSPS) is 25.1. The largest absolute Gasteiger partial charge is 0.372 e. The zero-order valence-electron chi connectivity index (χ0n) is 25.1. The third-order valence-electron chi connectivity index (χ3n) is 8.86. The molecule has 47 heavy (non-hydrogen) atoms. The van der Waals surface area contributed by atoms with Crippen LogP contribution in [0.1, 0.15) is 30.1 Å². The Bertz CT molecular complexity index is 1620. The Morgan fingerprint density at radius 3 is 2.47 bits per heavy atom. The molecule has 2 amide bonds. The van der Waals surface area contributed by atoms with Gasteiger partial charge in [-0.25, -0.2) is 27.5 Å². The van der Waals surface area contributed by atoms with Gasteiger partial charge in [-0.1, -0.05) is 12.1 Å². The van der Waals surface area contributed by atoms with Crippen molar-refractivity contribution in [2.24, 2.45) is 5.73 Å². The average Bonchev–Trinajstić information content (AvgIpc) is 3.37. The maximum absolute atomic E-state index is 14.3. The van der Waals surface area contributed by atoms with Crippen LogP contribution in [0, 0.1) is 23.3 Å². The van der Waals surface area contributed by atoms with E-state index < -0.39 is 59.4 Å². The molecule has 0 aliphatic carbocycles. The van der Waals surface area contributed by atoms with E-state index in [1.165, 1.54) is 29.4 Å². The summed E-state index contributed by atoms with van der Waals surface area (Å²) in [7, 11) is 0. The summed E-state index contributed by atoms with van der Waals surface area (Å²) in [4.78, 5) is 40.1. The van der Waals surface area contributed by atoms with Crippen LogP contribution in [0.5, 0.6) is 0 Å². The molecule has 0 spiro atoms. The van der Waals surface area contributed by atoms with Crippen LogP contribution >= 0.6 is 12.4 Å². The first-order valence-electron chi connectivity index (χ1n) is 14.9. The summed E-state index contributed by atoms with van der Waals surface area (Å²) in [6, 6.07) is 6.30. The number of nitrogens with one attached hydrogen (secondary N) is 1. The van der Waals surface area contributed by atoms with E-state index in [1.807, 2.05) is 4.90 Å². The molecular formula is C31H34ClF4N7O4. The zero-order chi connectivity index (χ0) is 32.6. The summed E-state index contributed by atoms with van der Waals surface area (Å²) < 4.78 is 61.3. The highest BCUT2D eigenvalue weighted by Crippen LogP contribution is 2.32. The van der Waals surface area contributed by atoms with Crippen LogP contribution in [0.3, 0.4) is 0 Å². The summed E-state index contributed by atoms with van der Waals surface area (Å²) in [5.41, 5.74) is 4.26. The first-order chi connectivity index (χ1) is 22.0. The molecule has 4 atom stereocenters. The van der Waals surface area contributed by atoms with Crippen molar-refractivity contribution in [2.45, 2.75) is 43.2 Å². The standard InChI is InChI=1S/C31H33F4N7O4.ClH/c32-19-4-5-23(33)22(12-19)27-25(36)13-20(17-46-27)40-8-10-41(11-9-40)30-38-15-21(16-39-30)42-7-6-31(45,29(42)44)28(43)37-14-18-2-1-3-24(34)26(18)35;/h1-5,12,15-16,20,25,27,45H,6-11,13-14,17,36H2,(H,37,43);1H/t20-,25+,27-,31?;/m1./s1. The van der Waals surface area contributed by atoms with Crippen LogP contribution in [0.25, 0.3) is 0 Å². The van der Waals surface area contributed by atoms with Crippen LogP contribution in [0.2, 0.25) is 0 Å². The Morgan fingerprint density at radius 2 is 1.77 bits per heavy atom. The van der Waals surface area contributed by atoms with Gasteiger partial charge in [0.15, 0.2) is 11.6 Å². The van der Waals surface area contributed by atoms with Crippen LogP contribution in [0.4, 0.5) is 29.2 Å². The number of ether oxygens (including phenoxy) is 1. The Morgan fingerprint density at radius 1 is 1.04 bits per heavy atom. The molecule has 4 heterocycles. The number of hydrogen-bond acceptors (Lipinski definition) is 9. The van der Waals surface area contributed by atoms with E-state index in [0.29, 0.717) is 50.8 Å². The van der Waals surface area contributed by atoms with Crippen LogP contribution in [-0.2, 0) is 20.9 Å². The molecule has 3 saturated heterocycles. The first kappa shape index (κ1) is 34.4. The Kier molecular flexibility index (Phi) is 10.3. The summed E-state index contributed by atoms with van der Waals surface area (Å²) >= 11 is 0. The van der Waals surface area contributed by atoms with Gasteiger partial charge in [0.25, 0.3) is 11.8 Å². The van der Waals surface area contributed by atoms with Gasteiger partial charge in [-0.15, -0.1) is 12.4 Å². The minimum absolute atomic E-state index is 0. The number of hydrogen-bond donors (Lipinski definition) is 3. The second kappa shape index (κ2) is 14.1. The van der Waals surface area contributed by atoms with Gasteiger partial charge in [-0.05, 0) is 30.7 Å². The molecule has 3 aliphatic heterocycles. The summed E-state index contributed by atoms with van der Waals surface area (Å²) in [6.45, 7) is 2.47. The molecule has 1 aromatic heterocycles. The van der Waals surface area contributed by atoms with Crippen molar-refractivity contribution in [1.82, 2.24) is 20.2 Å². The Labute approximate surface area is 274 Å². The lowest BCUT2D eigenvalue weighted by molar-refractivity contribution is -0.149. The maximum Gasteiger partial charge on any atom is 0.268 e. The molecule has 6 rings (SSSR count). The van der Waals surface area contributed by atoms with Crippen molar-refractivity contribution in [3.8, 4) is 0 Å². The lowest BCUT2D eigenvalue weighted by Crippen LogP contribution is -2.55. The van der Waals surface area contributed by atoms with Crippen molar-refractivity contribution < 1.29 is 37.0 Å². The molecule has 4 N–H and O–H groups in total. The molecule has 2 aromatic carbocycles. The summed E-state index contributed by atoms with van der Waals surface area (Å²) in [5.74, 6) is -4.73. The van der Waals surface area contributed by atoms with Crippen LogP contribution < -0.4 is 20.9 Å². The fraction of sp³-hybridized carbons (Fsp3) is 0.419. The number of rotatable bonds is 7. The van der Waals surface area contributed by atoms with E-state index in [-0.39, 0.29) is 42.5 Å². The highest BCUT2D eigenvalue weighted by Gasteiger charge is 2.52. The number of piperazine rings is 1. The predicted molar refractivity (Wildman–Crippen MR) is 165 cm³/mol. The summed E-state index contributed by atoms with van der Waals surface area (Å²) in [6.07, 6.45) is 2.51. The van der Waals surface area contributed by atoms with Crippen molar-refractivity contribution >= 4 is 35.9 Å². The molecular weight excluding hydrogens is 646 g/mol. The van der Waals surface area contributed by atoms with Gasteiger partial charge in [0.1, 0.15) is 17.7 Å². The molecule has 252 valence electrons. The quantitative estimate of drug-likeness (QED) is 0.254. The van der Waals surface area contributed by atoms with Crippen molar-refractivity contribution in [3.63, 3.8) is 0 Å². The minimum Gasteiger partial charge on any atom is -0.372 e. The second-order valence-electron chi connectivity index (χ2n) is 11.7. The van der Waals surface area contributed by atoms with E-state index in [4.69, 9.17) is 10.5 Å². The van der Waals surface area contributed by atoms with Gasteiger partial charge in [-0.3, -0.25) is 14.5 Å². The molecule has 1 unspecified atom stereocenters. The molecule has 11 nitrogen and oxygen atoms in total. The molecule has 0 saturated carbocycles. The number of carbonyl (C=O) groups is 2. The average molecular weight is 680 g/mol. The second-order valence-corrected chi connectivity index (χ2v) is 11.7. The molecule has 0 bridgehead atoms. The molecule has 3 aliphatic rings. The van der Waals surface area contributed by atoms with Crippen molar-refractivity contribution in [2.75, 3.05) is 49.1 Å². The topological polar surface area (TPSA) is 137 Å². The number of anilines is 2. The van der Waals surface area contributed by atoms with Crippen molar-refractivity contribution in [1.29, 1.82) is 0 Å². The first-order valence-corrected chi connectivity index (χ1v) is 14.9. The molecule has 3 aromatic rings. The zero-order valence-corrected chi connectivity index (χ0v) is 25.9. The van der Waals surface area contributed by atoms with Gasteiger partial charge in [0, 0.05) is 68.9 Å². The monoisotopic (exact) mass is 679 g/mol. The number of nitrogens with two attached hydrogens (primary N) is 1. The number of carbonyl (C=O) groups excluding carboxylic acids is 2. The highest BCUT2D eigenvalue weighted by atomic mass is 35.5. The van der Waals surface area contributed by atoms with Gasteiger partial charge in [0.05, 0.1) is 24.7 Å². The number of halogens is 5. The van der Waals surface area contributed by atoms with Crippen LogP contribution in [0.15, 0.2) is 48.8 Å². The fourth-order valence-electron chi connectivity index (χ4n) is 6.22. The van der Waals surface area contributed by atoms with Crippen molar-refractivity contribution in [3.05, 3.63) is 83.2 Å². The Hall–Kier alpha value is -3.89. The minimum atomic E-state index is -2.38. The molecule has 3 fully saturated rings. The van der Waals surface area contributed by atoms with E-state index in [2.05, 4.69) is 20.2 Å². The Balaban J connectivity index is 0.00000433. The van der Waals surface area contributed by atoms with Gasteiger partial charge in [-0.2, -0.15) is 0 Å². The lowest BCUT2D eigenvalue weighted by Gasteiger charge is -2.43. The third-order valence-corrected chi connectivity index (χ3v) is 8.86. The number of amides is 2. The molecule has 16 heteroatoms. The fourth-order valence-corrected chi connectivity index (χ4v) is 6.22. The number of aliphatic hydroxyl groups is 1. The third kappa shape index (κ3) is 6.90. The van der Waals surface area contributed by atoms with Gasteiger partial charge in [0.2, 0.25) is 11.5 Å².